The zero-order valence-electron chi connectivity index (χ0n) is 10.1. The topological polar surface area (TPSA) is 75.7 Å². The summed E-state index contributed by atoms with van der Waals surface area (Å²) in [5.74, 6) is 0.757. The fourth-order valence-electron chi connectivity index (χ4n) is 2.12. The Labute approximate surface area is 107 Å². The van der Waals surface area contributed by atoms with E-state index in [0.29, 0.717) is 18.3 Å². The van der Waals surface area contributed by atoms with Gasteiger partial charge in [-0.25, -0.2) is 4.98 Å². The molecule has 0 saturated carbocycles. The second kappa shape index (κ2) is 6.00. The van der Waals surface area contributed by atoms with Gasteiger partial charge in [0.1, 0.15) is 17.6 Å². The first-order valence-corrected chi connectivity index (χ1v) is 6.05. The Morgan fingerprint density at radius 3 is 2.78 bits per heavy atom. The van der Waals surface area contributed by atoms with Crippen molar-refractivity contribution in [2.24, 2.45) is 0 Å². The van der Waals surface area contributed by atoms with Crippen molar-refractivity contribution in [3.05, 3.63) is 23.9 Å². The van der Waals surface area contributed by atoms with Gasteiger partial charge >= 0.3 is 0 Å². The van der Waals surface area contributed by atoms with Gasteiger partial charge in [-0.2, -0.15) is 10.5 Å². The molecule has 1 aliphatic rings. The second-order valence-electron chi connectivity index (χ2n) is 4.37. The summed E-state index contributed by atoms with van der Waals surface area (Å²) in [5.41, 5.74) is 0.432. The van der Waals surface area contributed by atoms with E-state index >= 15 is 0 Å². The van der Waals surface area contributed by atoms with Crippen molar-refractivity contribution in [1.29, 1.82) is 10.5 Å². The zero-order valence-corrected chi connectivity index (χ0v) is 10.1. The van der Waals surface area contributed by atoms with Gasteiger partial charge in [-0.05, 0) is 25.0 Å². The number of hydrogen-bond acceptors (Lipinski definition) is 5. The molecule has 18 heavy (non-hydrogen) atoms. The van der Waals surface area contributed by atoms with Gasteiger partial charge in [-0.1, -0.05) is 6.07 Å². The molecule has 0 spiro atoms. The standard InChI is InChI=1S/C13H15N5/c14-6-9-18-7-4-11(5-8-18)16-13-3-1-2-12(10-15)17-13/h1-3,11H,4-5,7-9H2,(H,16,17). The molecule has 1 aliphatic heterocycles. The van der Waals surface area contributed by atoms with Crippen LogP contribution in [0, 0.1) is 22.7 Å². The summed E-state index contributed by atoms with van der Waals surface area (Å²) in [5, 5.41) is 20.8. The molecular weight excluding hydrogens is 226 g/mol. The number of pyridine rings is 1. The fourth-order valence-corrected chi connectivity index (χ4v) is 2.12. The molecule has 0 aliphatic carbocycles. The molecule has 5 heteroatoms. The summed E-state index contributed by atoms with van der Waals surface area (Å²) in [6.45, 7) is 2.38. The monoisotopic (exact) mass is 241 g/mol. The van der Waals surface area contributed by atoms with Gasteiger partial charge in [0.2, 0.25) is 0 Å². The van der Waals surface area contributed by atoms with Crippen molar-refractivity contribution in [2.45, 2.75) is 18.9 Å². The summed E-state index contributed by atoms with van der Waals surface area (Å²) in [7, 11) is 0. The maximum atomic E-state index is 8.78. The van der Waals surface area contributed by atoms with Crippen molar-refractivity contribution in [1.82, 2.24) is 9.88 Å². The highest BCUT2D eigenvalue weighted by Gasteiger charge is 2.18. The van der Waals surface area contributed by atoms with E-state index in [-0.39, 0.29) is 0 Å². The van der Waals surface area contributed by atoms with E-state index in [4.69, 9.17) is 10.5 Å². The first-order valence-electron chi connectivity index (χ1n) is 6.05. The van der Waals surface area contributed by atoms with Crippen molar-refractivity contribution >= 4 is 5.82 Å². The molecule has 2 rings (SSSR count). The second-order valence-corrected chi connectivity index (χ2v) is 4.37. The summed E-state index contributed by atoms with van der Waals surface area (Å²) in [6.07, 6.45) is 2.00. The smallest absolute Gasteiger partial charge is 0.142 e. The third kappa shape index (κ3) is 3.19. The fraction of sp³-hybridized carbons (Fsp3) is 0.462. The molecule has 5 nitrogen and oxygen atoms in total. The van der Waals surface area contributed by atoms with E-state index in [1.807, 2.05) is 18.2 Å². The van der Waals surface area contributed by atoms with Crippen molar-refractivity contribution < 1.29 is 0 Å². The van der Waals surface area contributed by atoms with Crippen molar-refractivity contribution in [3.63, 3.8) is 0 Å². The van der Waals surface area contributed by atoms with E-state index in [1.54, 1.807) is 6.07 Å². The quantitative estimate of drug-likeness (QED) is 0.808. The Balaban J connectivity index is 1.88. The molecule has 0 amide bonds. The van der Waals surface area contributed by atoms with Crippen molar-refractivity contribution in [3.8, 4) is 12.1 Å². The maximum absolute atomic E-state index is 8.78. The van der Waals surface area contributed by atoms with Crippen LogP contribution in [-0.4, -0.2) is 35.6 Å². The Morgan fingerprint density at radius 2 is 2.11 bits per heavy atom. The van der Waals surface area contributed by atoms with Gasteiger partial charge in [0.15, 0.2) is 0 Å². The number of nitriles is 2. The van der Waals surface area contributed by atoms with Gasteiger partial charge in [0, 0.05) is 19.1 Å². The van der Waals surface area contributed by atoms with Crippen LogP contribution in [-0.2, 0) is 0 Å². The first kappa shape index (κ1) is 12.3. The lowest BCUT2D eigenvalue weighted by molar-refractivity contribution is 0.242. The van der Waals surface area contributed by atoms with Crippen LogP contribution in [0.4, 0.5) is 5.82 Å². The van der Waals surface area contributed by atoms with E-state index in [0.717, 1.165) is 31.7 Å². The van der Waals surface area contributed by atoms with Crippen LogP contribution in [0.5, 0.6) is 0 Å². The largest absolute Gasteiger partial charge is 0.367 e. The minimum absolute atomic E-state index is 0.376. The predicted molar refractivity (Wildman–Crippen MR) is 67.6 cm³/mol. The average Bonchev–Trinajstić information content (AvgIpc) is 2.42. The third-order valence-corrected chi connectivity index (χ3v) is 3.10. The molecule has 0 aromatic carbocycles. The first-order chi connectivity index (χ1) is 8.81. The van der Waals surface area contributed by atoms with Crippen LogP contribution >= 0.6 is 0 Å². The highest BCUT2D eigenvalue weighted by molar-refractivity contribution is 5.39. The number of nitrogens with one attached hydrogen (secondary N) is 1. The average molecular weight is 241 g/mol. The molecular formula is C13H15N5. The molecule has 1 aromatic heterocycles. The van der Waals surface area contributed by atoms with Crippen LogP contribution in [0.3, 0.4) is 0 Å². The van der Waals surface area contributed by atoms with Crippen LogP contribution in [0.2, 0.25) is 0 Å². The predicted octanol–water partition coefficient (Wildman–Crippen LogP) is 1.35. The number of likely N-dealkylation sites (tertiary alicyclic amines) is 1. The maximum Gasteiger partial charge on any atom is 0.142 e. The lowest BCUT2D eigenvalue weighted by Crippen LogP contribution is -2.39. The number of piperidine rings is 1. The van der Waals surface area contributed by atoms with Gasteiger partial charge < -0.3 is 5.32 Å². The van der Waals surface area contributed by atoms with Crippen LogP contribution in [0.15, 0.2) is 18.2 Å². The van der Waals surface area contributed by atoms with E-state index < -0.39 is 0 Å². The van der Waals surface area contributed by atoms with Crippen LogP contribution < -0.4 is 5.32 Å². The van der Waals surface area contributed by atoms with Crippen LogP contribution in [0.25, 0.3) is 0 Å². The highest BCUT2D eigenvalue weighted by Crippen LogP contribution is 2.15. The molecule has 0 unspecified atom stereocenters. The lowest BCUT2D eigenvalue weighted by atomic mass is 10.1. The third-order valence-electron chi connectivity index (χ3n) is 3.10. The molecule has 1 fully saturated rings. The van der Waals surface area contributed by atoms with Crippen molar-refractivity contribution in [2.75, 3.05) is 25.0 Å². The number of rotatable bonds is 3. The number of hydrogen-bond donors (Lipinski definition) is 1. The number of nitrogens with zero attached hydrogens (tertiary/aromatic N) is 4. The molecule has 0 radical (unpaired) electrons. The molecule has 1 N–H and O–H groups in total. The molecule has 2 heterocycles. The summed E-state index contributed by atoms with van der Waals surface area (Å²) >= 11 is 0. The highest BCUT2D eigenvalue weighted by atomic mass is 15.1. The van der Waals surface area contributed by atoms with Gasteiger partial charge in [-0.3, -0.25) is 4.90 Å². The molecule has 1 saturated heterocycles. The molecule has 0 atom stereocenters. The minimum Gasteiger partial charge on any atom is -0.367 e. The Hall–Kier alpha value is -2.11. The van der Waals surface area contributed by atoms with E-state index in [1.165, 1.54) is 0 Å². The molecule has 0 bridgehead atoms. The van der Waals surface area contributed by atoms with Gasteiger partial charge in [0.05, 0.1) is 12.6 Å². The SMILES string of the molecule is N#CCN1CCC(Nc2cccc(C#N)n2)CC1. The van der Waals surface area contributed by atoms with Crippen LogP contribution in [0.1, 0.15) is 18.5 Å². The lowest BCUT2D eigenvalue weighted by Gasteiger charge is -2.30. The van der Waals surface area contributed by atoms with E-state index in [9.17, 15) is 0 Å². The summed E-state index contributed by atoms with van der Waals surface area (Å²) in [6, 6.07) is 9.99. The Bertz CT molecular complexity index is 477. The summed E-state index contributed by atoms with van der Waals surface area (Å²) < 4.78 is 0. The normalized spacial score (nSPS) is 16.8. The number of anilines is 1. The minimum atomic E-state index is 0.376. The van der Waals surface area contributed by atoms with E-state index in [2.05, 4.69) is 21.3 Å². The zero-order chi connectivity index (χ0) is 12.8. The van der Waals surface area contributed by atoms with Gasteiger partial charge in [0.25, 0.3) is 0 Å². The Kier molecular flexibility index (Phi) is 4.11. The molecule has 1 aromatic rings. The Morgan fingerprint density at radius 1 is 1.33 bits per heavy atom. The van der Waals surface area contributed by atoms with Gasteiger partial charge in [-0.15, -0.1) is 0 Å². The molecule has 92 valence electrons. The number of aromatic nitrogens is 1. The summed E-state index contributed by atoms with van der Waals surface area (Å²) in [4.78, 5) is 6.35.